The van der Waals surface area contributed by atoms with Crippen LogP contribution in [0.15, 0.2) is 0 Å². The van der Waals surface area contributed by atoms with E-state index in [0.29, 0.717) is 13.1 Å². The lowest BCUT2D eigenvalue weighted by atomic mass is 10.1. The lowest BCUT2D eigenvalue weighted by molar-refractivity contribution is -0.147. The molecular formula is C6H11NO3. The molecule has 1 aliphatic rings. The van der Waals surface area contributed by atoms with Crippen LogP contribution in [0.25, 0.3) is 0 Å². The van der Waals surface area contributed by atoms with E-state index < -0.39 is 6.10 Å². The van der Waals surface area contributed by atoms with E-state index in [1.54, 1.807) is 0 Å². The monoisotopic (exact) mass is 145 g/mol. The molecule has 0 aromatic rings. The Bertz CT molecular complexity index is 137. The highest BCUT2D eigenvalue weighted by Crippen LogP contribution is 2.09. The number of methoxy groups -OCH3 is 1. The first-order valence-electron chi connectivity index (χ1n) is 3.22. The van der Waals surface area contributed by atoms with Crippen molar-refractivity contribution in [1.29, 1.82) is 0 Å². The van der Waals surface area contributed by atoms with E-state index in [0.717, 1.165) is 0 Å². The zero-order valence-corrected chi connectivity index (χ0v) is 5.83. The zero-order valence-electron chi connectivity index (χ0n) is 5.83. The van der Waals surface area contributed by atoms with Crippen LogP contribution in [0.5, 0.6) is 0 Å². The summed E-state index contributed by atoms with van der Waals surface area (Å²) in [4.78, 5) is 10.8. The second kappa shape index (κ2) is 2.98. The number of aliphatic hydroxyl groups is 1. The Labute approximate surface area is 59.2 Å². The Morgan fingerprint density at radius 2 is 2.40 bits per heavy atom. The van der Waals surface area contributed by atoms with E-state index in [1.807, 2.05) is 0 Å². The van der Waals surface area contributed by atoms with Crippen LogP contribution in [-0.4, -0.2) is 37.4 Å². The van der Waals surface area contributed by atoms with Crippen LogP contribution in [0.4, 0.5) is 0 Å². The van der Waals surface area contributed by atoms with Gasteiger partial charge in [-0.1, -0.05) is 0 Å². The Hall–Kier alpha value is -0.610. The van der Waals surface area contributed by atoms with Crippen molar-refractivity contribution < 1.29 is 14.6 Å². The van der Waals surface area contributed by atoms with Crippen LogP contribution in [0.3, 0.4) is 0 Å². The van der Waals surface area contributed by atoms with Crippen molar-refractivity contribution in [3.05, 3.63) is 0 Å². The Kier molecular flexibility index (Phi) is 2.24. The molecule has 0 aliphatic carbocycles. The molecule has 1 saturated heterocycles. The molecule has 0 radical (unpaired) electrons. The van der Waals surface area contributed by atoms with Gasteiger partial charge in [0, 0.05) is 13.1 Å². The van der Waals surface area contributed by atoms with Gasteiger partial charge >= 0.3 is 5.97 Å². The summed E-state index contributed by atoms with van der Waals surface area (Å²) in [6, 6.07) is 0. The molecule has 0 bridgehead atoms. The van der Waals surface area contributed by atoms with Crippen molar-refractivity contribution in [2.75, 3.05) is 20.2 Å². The molecule has 2 atom stereocenters. The summed E-state index contributed by atoms with van der Waals surface area (Å²) in [5, 5.41) is 12.0. The Balaban J connectivity index is 2.46. The maximum atomic E-state index is 10.8. The maximum Gasteiger partial charge on any atom is 0.312 e. The van der Waals surface area contributed by atoms with E-state index in [-0.39, 0.29) is 11.9 Å². The molecule has 4 heteroatoms. The number of hydrogen-bond acceptors (Lipinski definition) is 4. The molecule has 0 amide bonds. The summed E-state index contributed by atoms with van der Waals surface area (Å²) in [5.74, 6) is -0.706. The number of carbonyl (C=O) groups excluding carboxylic acids is 1. The number of carbonyl (C=O) groups is 1. The molecule has 4 nitrogen and oxygen atoms in total. The van der Waals surface area contributed by atoms with Crippen molar-refractivity contribution in [3.8, 4) is 0 Å². The number of esters is 1. The summed E-state index contributed by atoms with van der Waals surface area (Å²) in [7, 11) is 1.33. The molecule has 0 aromatic carbocycles. The number of hydrogen-bond donors (Lipinski definition) is 2. The highest BCUT2D eigenvalue weighted by atomic mass is 16.5. The fraction of sp³-hybridized carbons (Fsp3) is 0.833. The highest BCUT2D eigenvalue weighted by molar-refractivity contribution is 5.73. The van der Waals surface area contributed by atoms with E-state index >= 15 is 0 Å². The lowest BCUT2D eigenvalue weighted by Crippen LogP contribution is -2.27. The van der Waals surface area contributed by atoms with Crippen molar-refractivity contribution in [3.63, 3.8) is 0 Å². The van der Waals surface area contributed by atoms with Gasteiger partial charge in [-0.3, -0.25) is 4.79 Å². The van der Waals surface area contributed by atoms with Gasteiger partial charge in [0.15, 0.2) is 0 Å². The topological polar surface area (TPSA) is 58.6 Å². The largest absolute Gasteiger partial charge is 0.469 e. The third-order valence-electron chi connectivity index (χ3n) is 1.69. The number of nitrogens with one attached hydrogen (secondary N) is 1. The zero-order chi connectivity index (χ0) is 7.56. The van der Waals surface area contributed by atoms with Crippen LogP contribution in [-0.2, 0) is 9.53 Å². The minimum Gasteiger partial charge on any atom is -0.469 e. The standard InChI is InChI=1S/C6H11NO3/c1-10-6(9)4-2-7-3-5(4)8/h4-5,7-8H,2-3H2,1H3/t4-,5-/m0/s1. The van der Waals surface area contributed by atoms with Crippen LogP contribution >= 0.6 is 0 Å². The first kappa shape index (κ1) is 7.50. The molecule has 1 fully saturated rings. The highest BCUT2D eigenvalue weighted by Gasteiger charge is 2.31. The third-order valence-corrected chi connectivity index (χ3v) is 1.69. The van der Waals surface area contributed by atoms with Gasteiger partial charge < -0.3 is 15.2 Å². The number of rotatable bonds is 1. The maximum absolute atomic E-state index is 10.8. The van der Waals surface area contributed by atoms with Crippen LogP contribution in [0.2, 0.25) is 0 Å². The summed E-state index contributed by atoms with van der Waals surface area (Å²) >= 11 is 0. The molecular weight excluding hydrogens is 134 g/mol. The smallest absolute Gasteiger partial charge is 0.312 e. The number of ether oxygens (including phenoxy) is 1. The van der Waals surface area contributed by atoms with Gasteiger partial charge in [-0.05, 0) is 0 Å². The van der Waals surface area contributed by atoms with E-state index in [4.69, 9.17) is 5.11 Å². The van der Waals surface area contributed by atoms with Gasteiger partial charge in [-0.25, -0.2) is 0 Å². The Morgan fingerprint density at radius 1 is 1.70 bits per heavy atom. The van der Waals surface area contributed by atoms with E-state index in [1.165, 1.54) is 7.11 Å². The fourth-order valence-electron chi connectivity index (χ4n) is 1.06. The van der Waals surface area contributed by atoms with Crippen molar-refractivity contribution >= 4 is 5.97 Å². The van der Waals surface area contributed by atoms with Gasteiger partial charge in [-0.2, -0.15) is 0 Å². The predicted octanol–water partition coefficient (Wildman–Crippen LogP) is -1.26. The molecule has 2 N–H and O–H groups in total. The second-order valence-corrected chi connectivity index (χ2v) is 2.36. The average Bonchev–Trinajstić information content (AvgIpc) is 2.34. The van der Waals surface area contributed by atoms with Crippen LogP contribution in [0, 0.1) is 5.92 Å². The minimum atomic E-state index is -0.576. The third kappa shape index (κ3) is 1.27. The quantitative estimate of drug-likeness (QED) is 0.452. The molecule has 1 rings (SSSR count). The van der Waals surface area contributed by atoms with Crippen molar-refractivity contribution in [2.45, 2.75) is 6.10 Å². The van der Waals surface area contributed by atoms with Gasteiger partial charge in [0.2, 0.25) is 0 Å². The molecule has 0 unspecified atom stereocenters. The van der Waals surface area contributed by atoms with Crippen LogP contribution in [0.1, 0.15) is 0 Å². The predicted molar refractivity (Wildman–Crippen MR) is 34.4 cm³/mol. The first-order chi connectivity index (χ1) is 4.75. The molecule has 0 saturated carbocycles. The van der Waals surface area contributed by atoms with E-state index in [2.05, 4.69) is 10.1 Å². The van der Waals surface area contributed by atoms with Gasteiger partial charge in [0.05, 0.1) is 19.1 Å². The van der Waals surface area contributed by atoms with Crippen molar-refractivity contribution in [2.24, 2.45) is 5.92 Å². The van der Waals surface area contributed by atoms with Gasteiger partial charge in [0.25, 0.3) is 0 Å². The van der Waals surface area contributed by atoms with Crippen molar-refractivity contribution in [1.82, 2.24) is 5.32 Å². The second-order valence-electron chi connectivity index (χ2n) is 2.36. The number of β-amino-alcohol motifs (C(OH)–C–C–N with tert-alkyl or cyclic N) is 1. The normalized spacial score (nSPS) is 32.2. The minimum absolute atomic E-state index is 0.336. The van der Waals surface area contributed by atoms with Gasteiger partial charge in [-0.15, -0.1) is 0 Å². The molecule has 1 heterocycles. The molecule has 0 spiro atoms. The lowest BCUT2D eigenvalue weighted by Gasteiger charge is -2.08. The Morgan fingerprint density at radius 3 is 2.80 bits per heavy atom. The SMILES string of the molecule is COC(=O)[C@H]1CNC[C@@H]1O. The molecule has 0 aromatic heterocycles. The summed E-state index contributed by atoms with van der Waals surface area (Å²) in [6.45, 7) is 1.01. The van der Waals surface area contributed by atoms with Crippen LogP contribution < -0.4 is 5.32 Å². The van der Waals surface area contributed by atoms with E-state index in [9.17, 15) is 4.79 Å². The number of aliphatic hydroxyl groups excluding tert-OH is 1. The van der Waals surface area contributed by atoms with Gasteiger partial charge in [0.1, 0.15) is 0 Å². The summed E-state index contributed by atoms with van der Waals surface area (Å²) in [5.41, 5.74) is 0. The first-order valence-corrected chi connectivity index (χ1v) is 3.22. The average molecular weight is 145 g/mol. The summed E-state index contributed by atoms with van der Waals surface area (Å²) in [6.07, 6.45) is -0.576. The molecule has 1 aliphatic heterocycles. The molecule has 58 valence electrons. The fourth-order valence-corrected chi connectivity index (χ4v) is 1.06. The molecule has 10 heavy (non-hydrogen) atoms. The summed E-state index contributed by atoms with van der Waals surface area (Å²) < 4.78 is 4.47.